The van der Waals surface area contributed by atoms with Crippen molar-refractivity contribution in [2.45, 2.75) is 23.0 Å². The number of alkyl halides is 2. The zero-order valence-corrected chi connectivity index (χ0v) is 15.9. The van der Waals surface area contributed by atoms with Gasteiger partial charge in [-0.3, -0.25) is 19.3 Å². The van der Waals surface area contributed by atoms with Crippen LogP contribution in [-0.4, -0.2) is 44.0 Å². The maximum Gasteiger partial charge on any atom is 0.245 e. The molecule has 9 heteroatoms. The van der Waals surface area contributed by atoms with Crippen LogP contribution in [0, 0.1) is 30.6 Å². The Kier molecular flexibility index (Phi) is 3.83. The summed E-state index contributed by atoms with van der Waals surface area (Å²) < 4.78 is 4.88. The third-order valence-corrected chi connectivity index (χ3v) is 8.48. The van der Waals surface area contributed by atoms with E-state index in [9.17, 15) is 14.4 Å². The average Bonchev–Trinajstić information content (AvgIpc) is 3.23. The monoisotopic (exact) mass is 459 g/mol. The number of fused-ring (bicyclic) bond motifs is 5. The van der Waals surface area contributed by atoms with E-state index in [1.165, 1.54) is 0 Å². The maximum absolute atomic E-state index is 12.7. The molecule has 3 amide bonds. The first-order chi connectivity index (χ1) is 11.4. The van der Waals surface area contributed by atoms with Crippen molar-refractivity contribution in [1.82, 2.24) is 10.1 Å². The molecule has 2 heterocycles. The number of likely N-dealkylation sites (tertiary alicyclic amines) is 1. The second-order valence-corrected chi connectivity index (χ2v) is 8.75. The van der Waals surface area contributed by atoms with Crippen molar-refractivity contribution in [3.8, 4) is 0 Å². The summed E-state index contributed by atoms with van der Waals surface area (Å²) in [5.74, 6) is -0.386. The number of aromatic nitrogens is 1. The van der Waals surface area contributed by atoms with Crippen molar-refractivity contribution in [1.29, 1.82) is 0 Å². The largest absolute Gasteiger partial charge is 0.360 e. The van der Waals surface area contributed by atoms with E-state index in [4.69, 9.17) is 4.52 Å². The third-order valence-electron chi connectivity index (χ3n) is 5.28. The molecule has 1 aliphatic heterocycles. The molecule has 7 nitrogen and oxygen atoms in total. The van der Waals surface area contributed by atoms with Crippen LogP contribution < -0.4 is 5.32 Å². The van der Waals surface area contributed by atoms with E-state index in [0.717, 1.165) is 11.3 Å². The minimum absolute atomic E-state index is 0.145. The molecule has 4 rings (SSSR count). The first-order valence-electron chi connectivity index (χ1n) is 7.75. The molecule has 1 saturated heterocycles. The van der Waals surface area contributed by atoms with Gasteiger partial charge in [-0.25, -0.2) is 0 Å². The highest BCUT2D eigenvalue weighted by atomic mass is 79.9. The smallest absolute Gasteiger partial charge is 0.245 e. The number of carbonyl (C=O) groups excluding carboxylic acids is 3. The predicted molar refractivity (Wildman–Crippen MR) is 90.6 cm³/mol. The molecule has 2 aliphatic carbocycles. The second kappa shape index (κ2) is 5.66. The lowest BCUT2D eigenvalue weighted by atomic mass is 9.81. The van der Waals surface area contributed by atoms with Gasteiger partial charge in [-0.2, -0.15) is 0 Å². The fraction of sp³-hybridized carbons (Fsp3) is 0.600. The van der Waals surface area contributed by atoms with Gasteiger partial charge in [0.05, 0.1) is 11.8 Å². The van der Waals surface area contributed by atoms with E-state index in [2.05, 4.69) is 42.3 Å². The van der Waals surface area contributed by atoms with Crippen molar-refractivity contribution in [3.05, 3.63) is 11.8 Å². The fourth-order valence-electron chi connectivity index (χ4n) is 4.32. The summed E-state index contributed by atoms with van der Waals surface area (Å²) in [5, 5.41) is 6.22. The number of hydrogen-bond donors (Lipinski definition) is 1. The minimum Gasteiger partial charge on any atom is -0.360 e. The molecule has 3 aliphatic rings. The number of nitrogens with zero attached hydrogens (tertiary/aromatic N) is 2. The van der Waals surface area contributed by atoms with Gasteiger partial charge in [0.25, 0.3) is 0 Å². The molecule has 1 aromatic heterocycles. The Morgan fingerprint density at radius 2 is 1.88 bits per heavy atom. The van der Waals surface area contributed by atoms with Gasteiger partial charge in [-0.05, 0) is 25.2 Å². The number of imide groups is 1. The lowest BCUT2D eigenvalue weighted by Gasteiger charge is -2.28. The summed E-state index contributed by atoms with van der Waals surface area (Å²) in [5.41, 5.74) is 0. The molecule has 24 heavy (non-hydrogen) atoms. The molecule has 0 spiro atoms. The number of amides is 3. The fourth-order valence-corrected chi connectivity index (χ4v) is 6.19. The molecule has 1 aromatic rings. The van der Waals surface area contributed by atoms with Gasteiger partial charge in [0.15, 0.2) is 5.82 Å². The van der Waals surface area contributed by atoms with Gasteiger partial charge in [0, 0.05) is 15.7 Å². The topological polar surface area (TPSA) is 92.5 Å². The lowest BCUT2D eigenvalue weighted by molar-refractivity contribution is -0.143. The van der Waals surface area contributed by atoms with Crippen molar-refractivity contribution < 1.29 is 18.9 Å². The van der Waals surface area contributed by atoms with E-state index >= 15 is 0 Å². The molecule has 0 aromatic carbocycles. The van der Waals surface area contributed by atoms with E-state index in [1.807, 2.05) is 0 Å². The van der Waals surface area contributed by atoms with Crippen LogP contribution in [0.2, 0.25) is 0 Å². The van der Waals surface area contributed by atoms with Crippen LogP contribution in [0.1, 0.15) is 12.2 Å². The quantitative estimate of drug-likeness (QED) is 0.547. The molecule has 3 fully saturated rings. The number of rotatable bonds is 3. The second-order valence-electron chi connectivity index (χ2n) is 6.64. The van der Waals surface area contributed by atoms with Crippen LogP contribution in [0.3, 0.4) is 0 Å². The van der Waals surface area contributed by atoms with E-state index in [1.54, 1.807) is 13.0 Å². The third kappa shape index (κ3) is 2.28. The Morgan fingerprint density at radius 1 is 1.29 bits per heavy atom. The lowest BCUT2D eigenvalue weighted by Crippen LogP contribution is -2.39. The van der Waals surface area contributed by atoms with Gasteiger partial charge >= 0.3 is 0 Å². The first kappa shape index (κ1) is 16.3. The Morgan fingerprint density at radius 3 is 2.38 bits per heavy atom. The van der Waals surface area contributed by atoms with Crippen molar-refractivity contribution in [2.24, 2.45) is 23.7 Å². The zero-order chi connectivity index (χ0) is 17.2. The minimum atomic E-state index is -0.455. The molecule has 128 valence electrons. The van der Waals surface area contributed by atoms with E-state index < -0.39 is 5.91 Å². The van der Waals surface area contributed by atoms with Gasteiger partial charge in [0.1, 0.15) is 12.3 Å². The number of hydrogen-bond acceptors (Lipinski definition) is 5. The standard InChI is InChI=1S/C15H15Br2N3O4/c1-5-2-8(19-24-5)18-9(21)4-20-14(22)10-6-3-7(11(10)15(20)23)13(17)12(6)16/h2,6-7,10-13H,3-4H2,1H3,(H,18,19,21)/t6-,7-,10-,11-,12+,13+/m1/s1. The highest BCUT2D eigenvalue weighted by Crippen LogP contribution is 2.60. The zero-order valence-electron chi connectivity index (χ0n) is 12.7. The predicted octanol–water partition coefficient (Wildman–Crippen LogP) is 1.70. The van der Waals surface area contributed by atoms with Gasteiger partial charge in [-0.1, -0.05) is 37.0 Å². The molecule has 0 radical (unpaired) electrons. The van der Waals surface area contributed by atoms with Gasteiger partial charge < -0.3 is 9.84 Å². The first-order valence-corrected chi connectivity index (χ1v) is 9.58. The van der Waals surface area contributed by atoms with Crippen LogP contribution >= 0.6 is 31.9 Å². The Balaban J connectivity index is 1.48. The normalized spacial score (nSPS) is 37.2. The number of carbonyl (C=O) groups is 3. The maximum atomic E-state index is 12.7. The Labute approximate surface area is 154 Å². The molecule has 6 atom stereocenters. The summed E-state index contributed by atoms with van der Waals surface area (Å²) in [6.45, 7) is 1.43. The van der Waals surface area contributed by atoms with Crippen LogP contribution in [0.25, 0.3) is 0 Å². The number of nitrogens with one attached hydrogen (secondary N) is 1. The Bertz CT molecular complexity index is 704. The molecule has 2 saturated carbocycles. The SMILES string of the molecule is Cc1cc(NC(=O)CN2C(=O)[C@@H]3[C@H]4C[C@@H]([C@H](Br)[C@H]4Br)[C@H]3C2=O)no1. The van der Waals surface area contributed by atoms with Crippen molar-refractivity contribution in [2.75, 3.05) is 11.9 Å². The summed E-state index contributed by atoms with van der Waals surface area (Å²) in [6.07, 6.45) is 0.872. The van der Waals surface area contributed by atoms with Gasteiger partial charge in [-0.15, -0.1) is 0 Å². The molecule has 0 unspecified atom stereocenters. The highest BCUT2D eigenvalue weighted by molar-refractivity contribution is 9.12. The molecular weight excluding hydrogens is 446 g/mol. The van der Waals surface area contributed by atoms with E-state index in [0.29, 0.717) is 5.76 Å². The van der Waals surface area contributed by atoms with Crippen LogP contribution in [-0.2, 0) is 14.4 Å². The van der Waals surface area contributed by atoms with Crippen molar-refractivity contribution in [3.63, 3.8) is 0 Å². The van der Waals surface area contributed by atoms with Crippen LogP contribution in [0.4, 0.5) is 5.82 Å². The van der Waals surface area contributed by atoms with E-state index in [-0.39, 0.29) is 57.5 Å². The number of halogens is 2. The average molecular weight is 461 g/mol. The summed E-state index contributed by atoms with van der Waals surface area (Å²) in [6, 6.07) is 1.57. The molecular formula is C15H15Br2N3O4. The highest BCUT2D eigenvalue weighted by Gasteiger charge is 2.66. The van der Waals surface area contributed by atoms with Gasteiger partial charge in [0.2, 0.25) is 17.7 Å². The molecule has 1 N–H and O–H groups in total. The molecule has 2 bridgehead atoms. The van der Waals surface area contributed by atoms with Crippen molar-refractivity contribution >= 4 is 55.4 Å². The van der Waals surface area contributed by atoms with Crippen LogP contribution in [0.5, 0.6) is 0 Å². The van der Waals surface area contributed by atoms with Crippen LogP contribution in [0.15, 0.2) is 10.6 Å². The Hall–Kier alpha value is -1.22. The summed E-state index contributed by atoms with van der Waals surface area (Å²) >= 11 is 7.27. The summed E-state index contributed by atoms with van der Waals surface area (Å²) in [4.78, 5) is 39.0. The summed E-state index contributed by atoms with van der Waals surface area (Å²) in [7, 11) is 0. The number of anilines is 1. The number of aryl methyl sites for hydroxylation is 1.